The molecule has 0 amide bonds. The van der Waals surface area contributed by atoms with Crippen LogP contribution in [0.1, 0.15) is 51.9 Å². The normalized spacial score (nSPS) is 20.9. The molecule has 1 unspecified atom stereocenters. The number of hydrogen-bond acceptors (Lipinski definition) is 3. The van der Waals surface area contributed by atoms with E-state index in [2.05, 4.69) is 18.0 Å². The molecule has 0 heterocycles. The summed E-state index contributed by atoms with van der Waals surface area (Å²) in [7, 11) is 2.20. The third-order valence-electron chi connectivity index (χ3n) is 3.94. The van der Waals surface area contributed by atoms with Gasteiger partial charge in [0.15, 0.2) is 0 Å². The molecule has 3 heteroatoms. The first-order chi connectivity index (χ1) is 7.61. The van der Waals surface area contributed by atoms with Gasteiger partial charge in [-0.2, -0.15) is 5.26 Å². The number of nitrogens with zero attached hydrogens (tertiary/aromatic N) is 2. The maximum atomic E-state index is 8.97. The highest BCUT2D eigenvalue weighted by Gasteiger charge is 2.23. The van der Waals surface area contributed by atoms with Gasteiger partial charge in [0.1, 0.15) is 5.54 Å². The standard InChI is InChI=1S/C13H25N3/c1-3-13(15,11-14)9-6-10-16(2)12-7-4-5-8-12/h12H,3-10,15H2,1-2H3. The SMILES string of the molecule is CCC(N)(C#N)CCCN(C)C1CCCC1. The van der Waals surface area contributed by atoms with Crippen molar-refractivity contribution in [1.82, 2.24) is 4.90 Å². The van der Waals surface area contributed by atoms with Crippen molar-refractivity contribution in [3.05, 3.63) is 0 Å². The van der Waals surface area contributed by atoms with Gasteiger partial charge >= 0.3 is 0 Å². The number of nitriles is 1. The van der Waals surface area contributed by atoms with Gasteiger partial charge in [0.25, 0.3) is 0 Å². The third-order valence-corrected chi connectivity index (χ3v) is 3.94. The lowest BCUT2D eigenvalue weighted by atomic mass is 9.93. The number of rotatable bonds is 6. The Morgan fingerprint density at radius 3 is 2.56 bits per heavy atom. The van der Waals surface area contributed by atoms with Crippen molar-refractivity contribution >= 4 is 0 Å². The highest BCUT2D eigenvalue weighted by atomic mass is 15.1. The van der Waals surface area contributed by atoms with Crippen molar-refractivity contribution in [2.75, 3.05) is 13.6 Å². The zero-order valence-corrected chi connectivity index (χ0v) is 10.7. The topological polar surface area (TPSA) is 53.1 Å². The molecule has 2 N–H and O–H groups in total. The molecule has 3 nitrogen and oxygen atoms in total. The molecule has 1 fully saturated rings. The molecule has 0 spiro atoms. The van der Waals surface area contributed by atoms with Crippen LogP contribution in [-0.2, 0) is 0 Å². The summed E-state index contributed by atoms with van der Waals surface area (Å²) >= 11 is 0. The predicted octanol–water partition coefficient (Wildman–Crippen LogP) is 2.27. The second-order valence-corrected chi connectivity index (χ2v) is 5.14. The smallest absolute Gasteiger partial charge is 0.104 e. The number of nitrogens with two attached hydrogens (primary N) is 1. The average Bonchev–Trinajstić information content (AvgIpc) is 2.82. The molecule has 0 saturated heterocycles. The molecule has 1 rings (SSSR count). The van der Waals surface area contributed by atoms with Gasteiger partial charge in [-0.25, -0.2) is 0 Å². The Morgan fingerprint density at radius 1 is 1.44 bits per heavy atom. The minimum atomic E-state index is -0.601. The van der Waals surface area contributed by atoms with E-state index in [0.29, 0.717) is 0 Å². The maximum absolute atomic E-state index is 8.97. The molecule has 1 atom stereocenters. The summed E-state index contributed by atoms with van der Waals surface area (Å²) in [6.45, 7) is 3.06. The van der Waals surface area contributed by atoms with Crippen molar-refractivity contribution in [3.8, 4) is 6.07 Å². The van der Waals surface area contributed by atoms with E-state index in [4.69, 9.17) is 11.0 Å². The zero-order chi connectivity index (χ0) is 12.0. The molecule has 0 aromatic carbocycles. The Labute approximate surface area is 99.6 Å². The average molecular weight is 223 g/mol. The first-order valence-corrected chi connectivity index (χ1v) is 6.51. The highest BCUT2D eigenvalue weighted by molar-refractivity contribution is 5.03. The van der Waals surface area contributed by atoms with Gasteiger partial charge in [0, 0.05) is 6.04 Å². The van der Waals surface area contributed by atoms with Gasteiger partial charge in [0.05, 0.1) is 6.07 Å². The molecular weight excluding hydrogens is 198 g/mol. The van der Waals surface area contributed by atoms with E-state index in [9.17, 15) is 0 Å². The van der Waals surface area contributed by atoms with Crippen molar-refractivity contribution in [2.45, 2.75) is 63.5 Å². The van der Waals surface area contributed by atoms with Crippen molar-refractivity contribution in [3.63, 3.8) is 0 Å². The van der Waals surface area contributed by atoms with Crippen LogP contribution < -0.4 is 5.73 Å². The first-order valence-electron chi connectivity index (χ1n) is 6.51. The summed E-state index contributed by atoms with van der Waals surface area (Å²) < 4.78 is 0. The number of hydrogen-bond donors (Lipinski definition) is 1. The second-order valence-electron chi connectivity index (χ2n) is 5.14. The Bertz CT molecular complexity index is 240. The lowest BCUT2D eigenvalue weighted by Gasteiger charge is -2.26. The van der Waals surface area contributed by atoms with Gasteiger partial charge in [-0.05, 0) is 45.7 Å². The second kappa shape index (κ2) is 6.22. The van der Waals surface area contributed by atoms with Crippen LogP contribution in [0.15, 0.2) is 0 Å². The van der Waals surface area contributed by atoms with E-state index in [0.717, 1.165) is 31.8 Å². The molecule has 92 valence electrons. The van der Waals surface area contributed by atoms with Gasteiger partial charge in [0.2, 0.25) is 0 Å². The van der Waals surface area contributed by atoms with Crippen LogP contribution in [0.25, 0.3) is 0 Å². The van der Waals surface area contributed by atoms with E-state index >= 15 is 0 Å². The summed E-state index contributed by atoms with van der Waals surface area (Å²) in [6, 6.07) is 3.00. The van der Waals surface area contributed by atoms with Gasteiger partial charge < -0.3 is 10.6 Å². The Morgan fingerprint density at radius 2 is 2.06 bits per heavy atom. The Balaban J connectivity index is 2.22. The largest absolute Gasteiger partial charge is 0.313 e. The fraction of sp³-hybridized carbons (Fsp3) is 0.923. The van der Waals surface area contributed by atoms with Gasteiger partial charge in [-0.3, -0.25) is 0 Å². The molecule has 1 aliphatic carbocycles. The van der Waals surface area contributed by atoms with Crippen LogP contribution in [0.5, 0.6) is 0 Å². The molecule has 0 aromatic rings. The van der Waals surface area contributed by atoms with E-state index < -0.39 is 5.54 Å². The summed E-state index contributed by atoms with van der Waals surface area (Å²) in [6.07, 6.45) is 8.04. The molecule has 1 saturated carbocycles. The molecule has 1 aliphatic rings. The lowest BCUT2D eigenvalue weighted by molar-refractivity contribution is 0.235. The predicted molar refractivity (Wildman–Crippen MR) is 66.9 cm³/mol. The summed E-state index contributed by atoms with van der Waals surface area (Å²) in [5, 5.41) is 8.97. The van der Waals surface area contributed by atoms with E-state index in [-0.39, 0.29) is 0 Å². The molecule has 0 aromatic heterocycles. The summed E-state index contributed by atoms with van der Waals surface area (Å²) in [5.41, 5.74) is 5.36. The minimum Gasteiger partial charge on any atom is -0.313 e. The van der Waals surface area contributed by atoms with Gasteiger partial charge in [-0.1, -0.05) is 19.8 Å². The highest BCUT2D eigenvalue weighted by Crippen LogP contribution is 2.23. The molecule has 0 bridgehead atoms. The molecular formula is C13H25N3. The fourth-order valence-corrected chi connectivity index (χ4v) is 2.48. The van der Waals surface area contributed by atoms with Crippen LogP contribution in [0.4, 0.5) is 0 Å². The molecule has 16 heavy (non-hydrogen) atoms. The summed E-state index contributed by atoms with van der Waals surface area (Å²) in [5.74, 6) is 0. The van der Waals surface area contributed by atoms with E-state index in [1.165, 1.54) is 25.7 Å². The first kappa shape index (κ1) is 13.5. The van der Waals surface area contributed by atoms with E-state index in [1.807, 2.05) is 6.92 Å². The molecule has 0 radical (unpaired) electrons. The van der Waals surface area contributed by atoms with E-state index in [1.54, 1.807) is 0 Å². The minimum absolute atomic E-state index is 0.601. The lowest BCUT2D eigenvalue weighted by Crippen LogP contribution is -2.38. The summed E-state index contributed by atoms with van der Waals surface area (Å²) in [4.78, 5) is 2.44. The van der Waals surface area contributed by atoms with Crippen LogP contribution >= 0.6 is 0 Å². The zero-order valence-electron chi connectivity index (χ0n) is 10.7. The van der Waals surface area contributed by atoms with Gasteiger partial charge in [-0.15, -0.1) is 0 Å². The maximum Gasteiger partial charge on any atom is 0.104 e. The Kier molecular flexibility index (Phi) is 5.24. The van der Waals surface area contributed by atoms with Crippen LogP contribution in [0.2, 0.25) is 0 Å². The van der Waals surface area contributed by atoms with Crippen LogP contribution in [0.3, 0.4) is 0 Å². The quantitative estimate of drug-likeness (QED) is 0.751. The Hall–Kier alpha value is -0.590. The molecule has 0 aliphatic heterocycles. The van der Waals surface area contributed by atoms with Crippen LogP contribution in [0, 0.1) is 11.3 Å². The third kappa shape index (κ3) is 3.77. The van der Waals surface area contributed by atoms with Crippen molar-refractivity contribution in [1.29, 1.82) is 5.26 Å². The fourth-order valence-electron chi connectivity index (χ4n) is 2.48. The van der Waals surface area contributed by atoms with Crippen molar-refractivity contribution < 1.29 is 0 Å². The van der Waals surface area contributed by atoms with Crippen LogP contribution in [-0.4, -0.2) is 30.1 Å². The monoisotopic (exact) mass is 223 g/mol. The van der Waals surface area contributed by atoms with Crippen molar-refractivity contribution in [2.24, 2.45) is 5.73 Å².